The van der Waals surface area contributed by atoms with Crippen LogP contribution in [0.5, 0.6) is 0 Å². The van der Waals surface area contributed by atoms with Crippen LogP contribution < -0.4 is 10.0 Å². The smallest absolute Gasteiger partial charge is 0.265 e. The number of benzene rings is 1. The molecule has 2 rings (SSSR count). The van der Waals surface area contributed by atoms with Gasteiger partial charge >= 0.3 is 0 Å². The molecule has 0 aliphatic carbocycles. The van der Waals surface area contributed by atoms with Gasteiger partial charge in [-0.2, -0.15) is 0 Å². The highest BCUT2D eigenvalue weighted by Crippen LogP contribution is 2.23. The van der Waals surface area contributed by atoms with Crippen LogP contribution in [0.4, 0.5) is 11.5 Å². The first-order valence-corrected chi connectivity index (χ1v) is 8.21. The van der Waals surface area contributed by atoms with E-state index in [1.165, 1.54) is 0 Å². The molecule has 0 spiro atoms. The summed E-state index contributed by atoms with van der Waals surface area (Å²) in [5.41, 5.74) is 2.31. The maximum absolute atomic E-state index is 12.5. The monoisotopic (exact) mass is 305 g/mol. The van der Waals surface area contributed by atoms with E-state index in [-0.39, 0.29) is 4.90 Å². The summed E-state index contributed by atoms with van der Waals surface area (Å²) in [5, 5.41) is 3.05. The first-order valence-electron chi connectivity index (χ1n) is 6.73. The van der Waals surface area contributed by atoms with Crippen LogP contribution in [0.1, 0.15) is 18.2 Å². The molecule has 21 heavy (non-hydrogen) atoms. The van der Waals surface area contributed by atoms with Gasteiger partial charge in [0.15, 0.2) is 0 Å². The normalized spacial score (nSPS) is 11.2. The Kier molecular flexibility index (Phi) is 4.47. The van der Waals surface area contributed by atoms with Gasteiger partial charge in [-0.15, -0.1) is 0 Å². The highest BCUT2D eigenvalue weighted by Gasteiger charge is 2.18. The lowest BCUT2D eigenvalue weighted by atomic mass is 10.2. The first-order chi connectivity index (χ1) is 9.92. The van der Waals surface area contributed by atoms with Crippen molar-refractivity contribution < 1.29 is 8.42 Å². The van der Waals surface area contributed by atoms with Gasteiger partial charge in [-0.1, -0.05) is 12.1 Å². The van der Waals surface area contributed by atoms with E-state index in [9.17, 15) is 8.42 Å². The second-order valence-electron chi connectivity index (χ2n) is 4.80. The van der Waals surface area contributed by atoms with E-state index in [1.807, 2.05) is 26.8 Å². The lowest BCUT2D eigenvalue weighted by Crippen LogP contribution is -2.16. The third kappa shape index (κ3) is 3.72. The average Bonchev–Trinajstić information content (AvgIpc) is 2.37. The maximum Gasteiger partial charge on any atom is 0.265 e. The molecule has 6 heteroatoms. The molecule has 0 aliphatic rings. The number of nitrogens with one attached hydrogen (secondary N) is 2. The number of rotatable bonds is 5. The summed E-state index contributed by atoms with van der Waals surface area (Å²) >= 11 is 0. The van der Waals surface area contributed by atoms with E-state index >= 15 is 0 Å². The van der Waals surface area contributed by atoms with E-state index in [2.05, 4.69) is 15.0 Å². The lowest BCUT2D eigenvalue weighted by molar-refractivity contribution is 0.601. The van der Waals surface area contributed by atoms with Crippen molar-refractivity contribution in [3.63, 3.8) is 0 Å². The summed E-state index contributed by atoms with van der Waals surface area (Å²) in [5.74, 6) is 0.332. The van der Waals surface area contributed by atoms with E-state index in [4.69, 9.17) is 0 Å². The second-order valence-corrected chi connectivity index (χ2v) is 6.45. The van der Waals surface area contributed by atoms with E-state index in [0.717, 1.165) is 11.3 Å². The summed E-state index contributed by atoms with van der Waals surface area (Å²) in [6, 6.07) is 10.4. The molecule has 0 radical (unpaired) electrons. The van der Waals surface area contributed by atoms with Crippen molar-refractivity contribution in [3.05, 3.63) is 47.7 Å². The van der Waals surface area contributed by atoms with Gasteiger partial charge in [0.2, 0.25) is 0 Å². The van der Waals surface area contributed by atoms with Crippen LogP contribution in [0.3, 0.4) is 0 Å². The molecule has 0 fully saturated rings. The molecule has 5 nitrogen and oxygen atoms in total. The van der Waals surface area contributed by atoms with Crippen molar-refractivity contribution in [2.75, 3.05) is 16.6 Å². The number of nitrogens with zero attached hydrogens (tertiary/aromatic N) is 1. The lowest BCUT2D eigenvalue weighted by Gasteiger charge is -2.13. The topological polar surface area (TPSA) is 71.1 Å². The first kappa shape index (κ1) is 15.3. The van der Waals surface area contributed by atoms with Crippen LogP contribution in [0, 0.1) is 13.8 Å². The number of hydrogen-bond donors (Lipinski definition) is 2. The Morgan fingerprint density at radius 3 is 2.52 bits per heavy atom. The van der Waals surface area contributed by atoms with Gasteiger partial charge in [-0.3, -0.25) is 4.72 Å². The molecule has 0 saturated heterocycles. The van der Waals surface area contributed by atoms with Crippen LogP contribution >= 0.6 is 0 Å². The molecule has 0 atom stereocenters. The molecular formula is C15H19N3O2S. The zero-order valence-electron chi connectivity index (χ0n) is 12.3. The summed E-state index contributed by atoms with van der Waals surface area (Å²) < 4.78 is 27.6. The molecule has 1 aromatic heterocycles. The Balaban J connectivity index is 2.38. The van der Waals surface area contributed by atoms with E-state index < -0.39 is 10.0 Å². The molecule has 0 aliphatic heterocycles. The fraction of sp³-hybridized carbons (Fsp3) is 0.267. The number of hydrogen-bond acceptors (Lipinski definition) is 4. The quantitative estimate of drug-likeness (QED) is 0.891. The number of sulfonamides is 1. The van der Waals surface area contributed by atoms with Gasteiger partial charge in [0.25, 0.3) is 10.0 Å². The highest BCUT2D eigenvalue weighted by atomic mass is 32.2. The molecule has 2 aromatic rings. The Morgan fingerprint density at radius 2 is 1.86 bits per heavy atom. The van der Waals surface area contributed by atoms with E-state index in [1.54, 1.807) is 30.3 Å². The molecule has 1 aromatic carbocycles. The standard InChI is InChI=1S/C15H19N3O2S/c1-4-16-13-7-5-6-8-14(13)21(19,20)18-15-10-11(2)9-12(3)17-15/h5-10,16H,4H2,1-3H3,(H,17,18). The minimum Gasteiger partial charge on any atom is -0.384 e. The largest absolute Gasteiger partial charge is 0.384 e. The third-order valence-corrected chi connectivity index (χ3v) is 4.29. The highest BCUT2D eigenvalue weighted by molar-refractivity contribution is 7.92. The molecule has 2 N–H and O–H groups in total. The van der Waals surface area contributed by atoms with Gasteiger partial charge < -0.3 is 5.32 Å². The fourth-order valence-corrected chi connectivity index (χ4v) is 3.30. The van der Waals surface area contributed by atoms with Gasteiger partial charge in [0, 0.05) is 12.2 Å². The minimum atomic E-state index is -3.67. The number of pyridine rings is 1. The van der Waals surface area contributed by atoms with Crippen molar-refractivity contribution in [1.82, 2.24) is 4.98 Å². The fourth-order valence-electron chi connectivity index (χ4n) is 2.12. The van der Waals surface area contributed by atoms with Crippen LogP contribution in [0.2, 0.25) is 0 Å². The van der Waals surface area contributed by atoms with Crippen molar-refractivity contribution >= 4 is 21.5 Å². The van der Waals surface area contributed by atoms with Crippen LogP contribution in [0.25, 0.3) is 0 Å². The number of aryl methyl sites for hydroxylation is 2. The van der Waals surface area contributed by atoms with Crippen LogP contribution in [-0.4, -0.2) is 19.9 Å². The summed E-state index contributed by atoms with van der Waals surface area (Å²) in [6.45, 7) is 6.30. The van der Waals surface area contributed by atoms with Crippen molar-refractivity contribution in [1.29, 1.82) is 0 Å². The third-order valence-electron chi connectivity index (χ3n) is 2.88. The zero-order valence-corrected chi connectivity index (χ0v) is 13.2. The maximum atomic E-state index is 12.5. The van der Waals surface area contributed by atoms with Gasteiger partial charge in [-0.25, -0.2) is 13.4 Å². The van der Waals surface area contributed by atoms with Crippen LogP contribution in [0.15, 0.2) is 41.3 Å². The van der Waals surface area contributed by atoms with Crippen molar-refractivity contribution in [2.45, 2.75) is 25.7 Å². The summed E-state index contributed by atoms with van der Waals surface area (Å²) in [6.07, 6.45) is 0. The predicted octanol–water partition coefficient (Wildman–Crippen LogP) is 2.93. The molecule has 112 valence electrons. The predicted molar refractivity (Wildman–Crippen MR) is 85.1 cm³/mol. The molecule has 0 saturated carbocycles. The van der Waals surface area contributed by atoms with Crippen molar-refractivity contribution in [2.24, 2.45) is 0 Å². The van der Waals surface area contributed by atoms with Gasteiger partial charge in [0.05, 0.1) is 5.69 Å². The number of para-hydroxylation sites is 1. The Labute approximate surface area is 125 Å². The average molecular weight is 305 g/mol. The molecule has 0 bridgehead atoms. The minimum absolute atomic E-state index is 0.216. The summed E-state index contributed by atoms with van der Waals surface area (Å²) in [7, 11) is -3.67. The van der Waals surface area contributed by atoms with E-state index in [0.29, 0.717) is 18.1 Å². The van der Waals surface area contributed by atoms with Gasteiger partial charge in [0.1, 0.15) is 10.7 Å². The Morgan fingerprint density at radius 1 is 1.14 bits per heavy atom. The Bertz CT molecular complexity index is 722. The molecule has 0 amide bonds. The van der Waals surface area contributed by atoms with Crippen LogP contribution in [-0.2, 0) is 10.0 Å². The summed E-state index contributed by atoms with van der Waals surface area (Å²) in [4.78, 5) is 4.43. The number of anilines is 2. The van der Waals surface area contributed by atoms with Gasteiger partial charge in [-0.05, 0) is 50.6 Å². The second kappa shape index (κ2) is 6.13. The number of aromatic nitrogens is 1. The Hall–Kier alpha value is -2.08. The molecular weight excluding hydrogens is 286 g/mol. The molecule has 1 heterocycles. The SMILES string of the molecule is CCNc1ccccc1S(=O)(=O)Nc1cc(C)cc(C)n1. The molecule has 0 unspecified atom stereocenters. The zero-order chi connectivity index (χ0) is 15.5. The van der Waals surface area contributed by atoms with Crippen molar-refractivity contribution in [3.8, 4) is 0 Å².